The summed E-state index contributed by atoms with van der Waals surface area (Å²) in [6, 6.07) is 1.40. The van der Waals surface area contributed by atoms with Crippen LogP contribution in [0.3, 0.4) is 0 Å². The van der Waals surface area contributed by atoms with E-state index in [1.807, 2.05) is 4.90 Å². The summed E-state index contributed by atoms with van der Waals surface area (Å²) < 4.78 is 4.37. The number of hydrogen-bond acceptors (Lipinski definition) is 6. The highest BCUT2D eigenvalue weighted by Crippen LogP contribution is 2.46. The number of aromatic nitrogens is 1. The molecule has 1 aromatic heterocycles. The number of methoxy groups -OCH3 is 1. The quantitative estimate of drug-likeness (QED) is 0.461. The number of likely N-dealkylation sites (tertiary alicyclic amines) is 1. The van der Waals surface area contributed by atoms with Crippen molar-refractivity contribution in [3.05, 3.63) is 29.6 Å². The van der Waals surface area contributed by atoms with Crippen LogP contribution in [0, 0.1) is 5.92 Å². The fourth-order valence-electron chi connectivity index (χ4n) is 4.86. The summed E-state index contributed by atoms with van der Waals surface area (Å²) >= 11 is 0. The number of carboxylic acid groups (broad SMARTS) is 1. The van der Waals surface area contributed by atoms with E-state index in [2.05, 4.69) is 24.1 Å². The molecule has 0 saturated carbocycles. The van der Waals surface area contributed by atoms with Gasteiger partial charge in [0.25, 0.3) is 5.82 Å². The van der Waals surface area contributed by atoms with Crippen LogP contribution in [0.4, 0.5) is 10.6 Å². The van der Waals surface area contributed by atoms with Gasteiger partial charge in [0, 0.05) is 25.8 Å². The standard InChI is InChI=1S/C25H36N4O5/c1-16(2)13-19(22(30)28-11-7-8-12-28)27-14-17-9-10-26-21-20(17)18(23(31)34-6)15-29(21,24(32)33)25(3,4)5/h9-10,15-16,19,27H,7-8,11-14H2,1-6H3/p+1/t19-,29?/m1/s1. The molecule has 2 aliphatic heterocycles. The molecule has 2 aliphatic rings. The van der Waals surface area contributed by atoms with E-state index in [1.165, 1.54) is 13.3 Å². The lowest BCUT2D eigenvalue weighted by molar-refractivity contribution is -0.134. The van der Waals surface area contributed by atoms with Crippen molar-refractivity contribution in [2.45, 2.75) is 72.0 Å². The van der Waals surface area contributed by atoms with Crippen molar-refractivity contribution in [2.24, 2.45) is 5.92 Å². The Kier molecular flexibility index (Phi) is 7.47. The van der Waals surface area contributed by atoms with Crippen molar-refractivity contribution in [3.8, 4) is 0 Å². The molecule has 0 aliphatic carbocycles. The molecule has 186 valence electrons. The second kappa shape index (κ2) is 9.84. The molecule has 1 unspecified atom stereocenters. The van der Waals surface area contributed by atoms with Gasteiger partial charge in [-0.15, -0.1) is 4.48 Å². The first-order valence-corrected chi connectivity index (χ1v) is 11.9. The van der Waals surface area contributed by atoms with E-state index in [4.69, 9.17) is 4.74 Å². The fraction of sp³-hybridized carbons (Fsp3) is 0.600. The molecule has 1 fully saturated rings. The SMILES string of the molecule is COC(=O)C1=C[N+](C(=O)O)(C(C)(C)C)c2nccc(CN[C@H](CC(C)C)C(=O)N3CCCC3)c21. The summed E-state index contributed by atoms with van der Waals surface area (Å²) in [5.74, 6) is 0.0554. The van der Waals surface area contributed by atoms with Gasteiger partial charge in [0.2, 0.25) is 5.91 Å². The second-order valence-electron chi connectivity index (χ2n) is 10.5. The van der Waals surface area contributed by atoms with Crippen molar-refractivity contribution < 1.29 is 24.2 Å². The van der Waals surface area contributed by atoms with E-state index in [1.54, 1.807) is 33.0 Å². The van der Waals surface area contributed by atoms with Gasteiger partial charge in [-0.05, 0) is 57.6 Å². The van der Waals surface area contributed by atoms with Gasteiger partial charge in [-0.3, -0.25) is 4.79 Å². The average molecular weight is 474 g/mol. The lowest BCUT2D eigenvalue weighted by atomic mass is 9.99. The van der Waals surface area contributed by atoms with Crippen molar-refractivity contribution in [3.63, 3.8) is 0 Å². The van der Waals surface area contributed by atoms with Gasteiger partial charge in [0.1, 0.15) is 17.3 Å². The van der Waals surface area contributed by atoms with E-state index in [9.17, 15) is 19.5 Å². The molecule has 34 heavy (non-hydrogen) atoms. The first kappa shape index (κ1) is 25.8. The number of ether oxygens (including phenoxy) is 1. The minimum absolute atomic E-state index is 0.0889. The molecule has 2 atom stereocenters. The predicted molar refractivity (Wildman–Crippen MR) is 130 cm³/mol. The topological polar surface area (TPSA) is 109 Å². The number of pyridine rings is 1. The number of hydrogen-bond donors (Lipinski definition) is 2. The lowest BCUT2D eigenvalue weighted by Crippen LogP contribution is -2.60. The summed E-state index contributed by atoms with van der Waals surface area (Å²) in [6.07, 6.45) is 4.58. The van der Waals surface area contributed by atoms with Crippen LogP contribution in [-0.4, -0.2) is 64.7 Å². The maximum absolute atomic E-state index is 13.2. The highest BCUT2D eigenvalue weighted by molar-refractivity contribution is 6.21. The Labute approximate surface area is 201 Å². The van der Waals surface area contributed by atoms with E-state index in [-0.39, 0.29) is 23.3 Å². The Hall–Kier alpha value is -2.78. The summed E-state index contributed by atoms with van der Waals surface area (Å²) in [6.45, 7) is 11.4. The summed E-state index contributed by atoms with van der Waals surface area (Å²) in [4.78, 5) is 44.8. The van der Waals surface area contributed by atoms with Crippen LogP contribution in [0.5, 0.6) is 0 Å². The maximum atomic E-state index is 13.2. The Morgan fingerprint density at radius 1 is 1.24 bits per heavy atom. The smallest absolute Gasteiger partial charge is 0.465 e. The van der Waals surface area contributed by atoms with Gasteiger partial charge in [-0.25, -0.2) is 9.78 Å². The number of quaternary nitrogens is 1. The van der Waals surface area contributed by atoms with Crippen LogP contribution in [0.15, 0.2) is 18.5 Å². The summed E-state index contributed by atoms with van der Waals surface area (Å²) in [5.41, 5.74) is 0.513. The van der Waals surface area contributed by atoms with E-state index in [0.29, 0.717) is 30.0 Å². The molecule has 1 saturated heterocycles. The number of carbonyl (C=O) groups excluding carboxylic acids is 2. The Bertz CT molecular complexity index is 992. The minimum atomic E-state index is -1.13. The third-order valence-electron chi connectivity index (χ3n) is 6.67. The molecule has 3 heterocycles. The van der Waals surface area contributed by atoms with Crippen LogP contribution < -0.4 is 9.80 Å². The van der Waals surface area contributed by atoms with Crippen LogP contribution in [0.2, 0.25) is 0 Å². The van der Waals surface area contributed by atoms with E-state index in [0.717, 1.165) is 25.9 Å². The number of rotatable bonds is 7. The van der Waals surface area contributed by atoms with Crippen molar-refractivity contribution in [2.75, 3.05) is 20.2 Å². The molecule has 9 heteroatoms. The zero-order chi connectivity index (χ0) is 25.3. The minimum Gasteiger partial charge on any atom is -0.465 e. The van der Waals surface area contributed by atoms with Crippen molar-refractivity contribution in [1.29, 1.82) is 0 Å². The normalized spacial score (nSPS) is 20.8. The number of esters is 1. The number of amides is 2. The molecule has 1 aromatic rings. The molecule has 2 amide bonds. The van der Waals surface area contributed by atoms with Crippen LogP contribution >= 0.6 is 0 Å². The van der Waals surface area contributed by atoms with Gasteiger partial charge in [-0.2, -0.15) is 4.79 Å². The second-order valence-corrected chi connectivity index (χ2v) is 10.5. The number of nitrogens with one attached hydrogen (secondary N) is 1. The monoisotopic (exact) mass is 473 g/mol. The van der Waals surface area contributed by atoms with E-state index < -0.39 is 22.1 Å². The molecular formula is C25H37N4O5+. The fourth-order valence-corrected chi connectivity index (χ4v) is 4.86. The third-order valence-corrected chi connectivity index (χ3v) is 6.67. The predicted octanol–water partition coefficient (Wildman–Crippen LogP) is 3.52. The summed E-state index contributed by atoms with van der Waals surface area (Å²) in [5, 5.41) is 13.7. The zero-order valence-corrected chi connectivity index (χ0v) is 21.1. The molecule has 2 N–H and O–H groups in total. The summed E-state index contributed by atoms with van der Waals surface area (Å²) in [7, 11) is 1.27. The van der Waals surface area contributed by atoms with Gasteiger partial charge in [-0.1, -0.05) is 13.8 Å². The highest BCUT2D eigenvalue weighted by atomic mass is 16.5. The number of fused-ring (bicyclic) bond motifs is 1. The van der Waals surface area contributed by atoms with Gasteiger partial charge >= 0.3 is 12.1 Å². The maximum Gasteiger partial charge on any atom is 0.525 e. The first-order chi connectivity index (χ1) is 15.9. The van der Waals surface area contributed by atoms with Gasteiger partial charge in [0.05, 0.1) is 18.7 Å². The molecular weight excluding hydrogens is 436 g/mol. The molecule has 0 spiro atoms. The first-order valence-electron chi connectivity index (χ1n) is 11.9. The largest absolute Gasteiger partial charge is 0.525 e. The lowest BCUT2D eigenvalue weighted by Gasteiger charge is -2.37. The number of nitrogens with zero attached hydrogens (tertiary/aromatic N) is 3. The molecule has 9 nitrogen and oxygen atoms in total. The number of carbonyl (C=O) groups is 3. The third kappa shape index (κ3) is 4.59. The molecule has 0 radical (unpaired) electrons. The van der Waals surface area contributed by atoms with Crippen molar-refractivity contribution >= 4 is 29.4 Å². The van der Waals surface area contributed by atoms with E-state index >= 15 is 0 Å². The molecule has 3 rings (SSSR count). The molecule has 0 bridgehead atoms. The van der Waals surface area contributed by atoms with Gasteiger partial charge in [0.15, 0.2) is 0 Å². The van der Waals surface area contributed by atoms with Crippen LogP contribution in [0.1, 0.15) is 65.0 Å². The molecule has 0 aromatic carbocycles. The van der Waals surface area contributed by atoms with Gasteiger partial charge < -0.3 is 20.1 Å². The van der Waals surface area contributed by atoms with Crippen molar-refractivity contribution in [1.82, 2.24) is 19.7 Å². The Morgan fingerprint density at radius 3 is 2.41 bits per heavy atom. The van der Waals surface area contributed by atoms with Crippen LogP contribution in [0.25, 0.3) is 5.57 Å². The highest BCUT2D eigenvalue weighted by Gasteiger charge is 2.57. The average Bonchev–Trinajstić information content (AvgIpc) is 3.42. The van der Waals surface area contributed by atoms with Crippen LogP contribution in [-0.2, 0) is 20.9 Å². The Balaban J connectivity index is 2.02. The Morgan fingerprint density at radius 2 is 1.88 bits per heavy atom. The zero-order valence-electron chi connectivity index (χ0n) is 21.1.